The number of aromatic nitrogens is 1. The first-order valence-electron chi connectivity index (χ1n) is 10.1. The molecule has 0 unspecified atom stereocenters. The van der Waals surface area contributed by atoms with E-state index in [0.717, 1.165) is 24.5 Å². The smallest absolute Gasteiger partial charge is 0.193 e. The first kappa shape index (κ1) is 19.5. The summed E-state index contributed by atoms with van der Waals surface area (Å²) in [7, 11) is 0. The van der Waals surface area contributed by atoms with Gasteiger partial charge in [0.25, 0.3) is 0 Å². The standard InChI is InChI=1S/C22H31NO2S/c1-3-5-6-7-9-19-11-10-18(14-23-19)20-12-13-21(26-20)22-24-15-17(8-4-2)16-25-22/h10-14,17,22H,3-9,15-16H2,1-2H3/t17-,22-. The Morgan fingerprint density at radius 3 is 2.54 bits per heavy atom. The summed E-state index contributed by atoms with van der Waals surface area (Å²) in [5, 5.41) is 0. The van der Waals surface area contributed by atoms with Gasteiger partial charge in [-0.05, 0) is 37.5 Å². The Hall–Kier alpha value is -1.23. The summed E-state index contributed by atoms with van der Waals surface area (Å²) in [5.74, 6) is 0.546. The molecular weight excluding hydrogens is 342 g/mol. The van der Waals surface area contributed by atoms with Crippen LogP contribution in [0.25, 0.3) is 10.4 Å². The zero-order chi connectivity index (χ0) is 18.2. The molecule has 0 saturated carbocycles. The number of thiophene rings is 1. The number of hydrogen-bond donors (Lipinski definition) is 0. The van der Waals surface area contributed by atoms with Crippen molar-refractivity contribution < 1.29 is 9.47 Å². The molecule has 0 aromatic carbocycles. The average Bonchev–Trinajstić information content (AvgIpc) is 3.17. The Balaban J connectivity index is 1.54. The highest BCUT2D eigenvalue weighted by Crippen LogP contribution is 2.35. The molecular formula is C22H31NO2S. The van der Waals surface area contributed by atoms with Gasteiger partial charge in [-0.2, -0.15) is 0 Å². The lowest BCUT2D eigenvalue weighted by atomic mass is 10.1. The van der Waals surface area contributed by atoms with Crippen molar-refractivity contribution in [1.29, 1.82) is 0 Å². The largest absolute Gasteiger partial charge is 0.347 e. The van der Waals surface area contributed by atoms with Crippen molar-refractivity contribution in [3.05, 3.63) is 41.0 Å². The van der Waals surface area contributed by atoms with Crippen LogP contribution >= 0.6 is 11.3 Å². The predicted molar refractivity (Wildman–Crippen MR) is 108 cm³/mol. The van der Waals surface area contributed by atoms with Crippen LogP contribution in [-0.2, 0) is 15.9 Å². The molecule has 142 valence electrons. The van der Waals surface area contributed by atoms with Crippen molar-refractivity contribution >= 4 is 11.3 Å². The fourth-order valence-corrected chi connectivity index (χ4v) is 4.37. The highest BCUT2D eigenvalue weighted by Gasteiger charge is 2.24. The second kappa shape index (κ2) is 10.2. The van der Waals surface area contributed by atoms with E-state index in [1.165, 1.54) is 54.7 Å². The van der Waals surface area contributed by atoms with Crippen LogP contribution in [0.5, 0.6) is 0 Å². The zero-order valence-electron chi connectivity index (χ0n) is 16.1. The maximum Gasteiger partial charge on any atom is 0.193 e. The van der Waals surface area contributed by atoms with Gasteiger partial charge in [-0.15, -0.1) is 11.3 Å². The Morgan fingerprint density at radius 2 is 1.85 bits per heavy atom. The van der Waals surface area contributed by atoms with E-state index in [1.54, 1.807) is 11.3 Å². The third-order valence-electron chi connectivity index (χ3n) is 4.92. The molecule has 26 heavy (non-hydrogen) atoms. The van der Waals surface area contributed by atoms with Crippen LogP contribution in [0.2, 0.25) is 0 Å². The molecule has 1 fully saturated rings. The monoisotopic (exact) mass is 373 g/mol. The first-order chi connectivity index (χ1) is 12.8. The third kappa shape index (κ3) is 5.38. The summed E-state index contributed by atoms with van der Waals surface area (Å²) in [6.07, 6.45) is 10.4. The predicted octanol–water partition coefficient (Wildman–Crippen LogP) is 6.39. The molecule has 1 aliphatic heterocycles. The van der Waals surface area contributed by atoms with E-state index in [1.807, 2.05) is 6.20 Å². The topological polar surface area (TPSA) is 31.4 Å². The highest BCUT2D eigenvalue weighted by molar-refractivity contribution is 7.15. The molecule has 0 spiro atoms. The Kier molecular flexibility index (Phi) is 7.66. The number of hydrogen-bond acceptors (Lipinski definition) is 4. The Labute approximate surface area is 161 Å². The summed E-state index contributed by atoms with van der Waals surface area (Å²) < 4.78 is 11.9. The van der Waals surface area contributed by atoms with Crippen molar-refractivity contribution in [3.63, 3.8) is 0 Å². The second-order valence-corrected chi connectivity index (χ2v) is 8.32. The molecule has 3 heterocycles. The quantitative estimate of drug-likeness (QED) is 0.477. The lowest BCUT2D eigenvalue weighted by Crippen LogP contribution is -2.26. The SMILES string of the molecule is CCCCCCc1ccc(-c2ccc([C@H]3OC[C@H](CCC)CO3)s2)cn1. The van der Waals surface area contributed by atoms with Gasteiger partial charge in [-0.3, -0.25) is 4.98 Å². The van der Waals surface area contributed by atoms with E-state index in [2.05, 4.69) is 43.1 Å². The van der Waals surface area contributed by atoms with Gasteiger partial charge in [-0.1, -0.05) is 45.6 Å². The maximum absolute atomic E-state index is 5.93. The molecule has 3 rings (SSSR count). The molecule has 0 atom stereocenters. The number of pyridine rings is 1. The lowest BCUT2D eigenvalue weighted by molar-refractivity contribution is -0.204. The van der Waals surface area contributed by atoms with E-state index >= 15 is 0 Å². The fourth-order valence-electron chi connectivity index (χ4n) is 3.37. The number of aryl methyl sites for hydroxylation is 1. The van der Waals surface area contributed by atoms with Crippen molar-refractivity contribution in [2.75, 3.05) is 13.2 Å². The van der Waals surface area contributed by atoms with Gasteiger partial charge in [0.05, 0.1) is 18.1 Å². The van der Waals surface area contributed by atoms with Gasteiger partial charge >= 0.3 is 0 Å². The summed E-state index contributed by atoms with van der Waals surface area (Å²) in [6.45, 7) is 6.07. The van der Waals surface area contributed by atoms with Crippen LogP contribution in [0.3, 0.4) is 0 Å². The lowest BCUT2D eigenvalue weighted by Gasteiger charge is -2.28. The van der Waals surface area contributed by atoms with Crippen LogP contribution in [0.15, 0.2) is 30.5 Å². The van der Waals surface area contributed by atoms with E-state index in [4.69, 9.17) is 9.47 Å². The van der Waals surface area contributed by atoms with Crippen molar-refractivity contribution in [2.24, 2.45) is 5.92 Å². The van der Waals surface area contributed by atoms with Crippen molar-refractivity contribution in [3.8, 4) is 10.4 Å². The number of rotatable bonds is 9. The van der Waals surface area contributed by atoms with Crippen LogP contribution in [-0.4, -0.2) is 18.2 Å². The molecule has 3 nitrogen and oxygen atoms in total. The summed E-state index contributed by atoms with van der Waals surface area (Å²) >= 11 is 1.75. The average molecular weight is 374 g/mol. The Bertz CT molecular complexity index is 644. The minimum Gasteiger partial charge on any atom is -0.347 e. The normalized spacial score (nSPS) is 20.4. The third-order valence-corrected chi connectivity index (χ3v) is 6.07. The fraction of sp³-hybridized carbons (Fsp3) is 0.591. The number of nitrogens with zero attached hydrogens (tertiary/aromatic N) is 1. The zero-order valence-corrected chi connectivity index (χ0v) is 16.9. The molecule has 1 saturated heterocycles. The van der Waals surface area contributed by atoms with E-state index < -0.39 is 0 Å². The summed E-state index contributed by atoms with van der Waals surface area (Å²) in [4.78, 5) is 7.03. The molecule has 0 amide bonds. The van der Waals surface area contributed by atoms with Crippen LogP contribution in [0.1, 0.15) is 69.2 Å². The van der Waals surface area contributed by atoms with Gasteiger partial charge < -0.3 is 9.47 Å². The number of unbranched alkanes of at least 4 members (excludes halogenated alkanes) is 3. The summed E-state index contributed by atoms with van der Waals surface area (Å²) in [5.41, 5.74) is 2.38. The molecule has 0 aliphatic carbocycles. The molecule has 0 radical (unpaired) electrons. The van der Waals surface area contributed by atoms with Crippen LogP contribution in [0.4, 0.5) is 0 Å². The van der Waals surface area contributed by atoms with Crippen LogP contribution < -0.4 is 0 Å². The molecule has 2 aromatic rings. The van der Waals surface area contributed by atoms with Gasteiger partial charge in [0, 0.05) is 28.2 Å². The van der Waals surface area contributed by atoms with E-state index in [0.29, 0.717) is 5.92 Å². The molecule has 1 aliphatic rings. The minimum absolute atomic E-state index is 0.201. The molecule has 0 bridgehead atoms. The molecule has 0 N–H and O–H groups in total. The second-order valence-electron chi connectivity index (χ2n) is 7.20. The van der Waals surface area contributed by atoms with Crippen LogP contribution in [0, 0.1) is 5.92 Å². The maximum atomic E-state index is 5.93. The van der Waals surface area contributed by atoms with Crippen molar-refractivity contribution in [2.45, 2.75) is 65.1 Å². The number of ether oxygens (including phenoxy) is 2. The van der Waals surface area contributed by atoms with E-state index in [9.17, 15) is 0 Å². The first-order valence-corrected chi connectivity index (χ1v) is 10.9. The summed E-state index contributed by atoms with van der Waals surface area (Å²) in [6, 6.07) is 8.65. The van der Waals surface area contributed by atoms with E-state index in [-0.39, 0.29) is 6.29 Å². The van der Waals surface area contributed by atoms with Gasteiger partial charge in [0.2, 0.25) is 0 Å². The van der Waals surface area contributed by atoms with Crippen molar-refractivity contribution in [1.82, 2.24) is 4.98 Å². The van der Waals surface area contributed by atoms with Gasteiger partial charge in [0.1, 0.15) is 0 Å². The molecule has 2 aromatic heterocycles. The Morgan fingerprint density at radius 1 is 1.00 bits per heavy atom. The van der Waals surface area contributed by atoms with Gasteiger partial charge in [0.15, 0.2) is 6.29 Å². The van der Waals surface area contributed by atoms with Gasteiger partial charge in [-0.25, -0.2) is 0 Å². The molecule has 4 heteroatoms. The minimum atomic E-state index is -0.201. The highest BCUT2D eigenvalue weighted by atomic mass is 32.1.